The van der Waals surface area contributed by atoms with Gasteiger partial charge in [-0.05, 0) is 30.9 Å². The second-order valence-corrected chi connectivity index (χ2v) is 4.96. The Hall–Kier alpha value is -1.51. The SMILES string of the molecule is C[C@@H](NC1CCCC[C@H]1N=[N+]=[N-])c1ccccc1. The van der Waals surface area contributed by atoms with E-state index < -0.39 is 0 Å². The van der Waals surface area contributed by atoms with Crippen molar-refractivity contribution < 1.29 is 0 Å². The van der Waals surface area contributed by atoms with E-state index in [2.05, 4.69) is 46.5 Å². The number of hydrogen-bond acceptors (Lipinski definition) is 2. The van der Waals surface area contributed by atoms with Crippen LogP contribution in [0.4, 0.5) is 0 Å². The van der Waals surface area contributed by atoms with Crippen molar-refractivity contribution in [1.29, 1.82) is 0 Å². The van der Waals surface area contributed by atoms with E-state index >= 15 is 0 Å². The van der Waals surface area contributed by atoms with Gasteiger partial charge in [0.2, 0.25) is 0 Å². The van der Waals surface area contributed by atoms with Crippen molar-refractivity contribution >= 4 is 0 Å². The van der Waals surface area contributed by atoms with Gasteiger partial charge in [-0.3, -0.25) is 0 Å². The third-order valence-electron chi connectivity index (χ3n) is 3.69. The van der Waals surface area contributed by atoms with Crippen LogP contribution in [-0.2, 0) is 0 Å². The highest BCUT2D eigenvalue weighted by Crippen LogP contribution is 2.24. The summed E-state index contributed by atoms with van der Waals surface area (Å²) in [5, 5.41) is 7.53. The summed E-state index contributed by atoms with van der Waals surface area (Å²) in [6.45, 7) is 2.16. The number of azide groups is 1. The standard InChI is InChI=1S/C14H20N4/c1-11(12-7-3-2-4-8-12)16-13-9-5-6-10-14(13)17-18-15/h2-4,7-8,11,13-14,16H,5-6,9-10H2,1H3/t11-,13?,14-/m1/s1. The molecule has 0 aromatic heterocycles. The van der Waals surface area contributed by atoms with Crippen molar-refractivity contribution in [2.24, 2.45) is 5.11 Å². The molecule has 1 aliphatic carbocycles. The zero-order valence-electron chi connectivity index (χ0n) is 10.8. The number of nitrogens with zero attached hydrogens (tertiary/aromatic N) is 3. The third kappa shape index (κ3) is 3.25. The van der Waals surface area contributed by atoms with Gasteiger partial charge in [-0.25, -0.2) is 0 Å². The predicted octanol–water partition coefficient (Wildman–Crippen LogP) is 3.96. The van der Waals surface area contributed by atoms with Crippen LogP contribution in [-0.4, -0.2) is 12.1 Å². The van der Waals surface area contributed by atoms with E-state index in [9.17, 15) is 0 Å². The Morgan fingerprint density at radius 2 is 2.00 bits per heavy atom. The normalized spacial score (nSPS) is 25.2. The van der Waals surface area contributed by atoms with Crippen LogP contribution in [0.3, 0.4) is 0 Å². The minimum atomic E-state index is 0.106. The highest BCUT2D eigenvalue weighted by molar-refractivity contribution is 5.18. The van der Waals surface area contributed by atoms with Crippen molar-refractivity contribution in [2.75, 3.05) is 0 Å². The molecule has 0 bridgehead atoms. The minimum Gasteiger partial charge on any atom is -0.307 e. The van der Waals surface area contributed by atoms with Crippen LogP contribution in [0.5, 0.6) is 0 Å². The van der Waals surface area contributed by atoms with E-state index in [0.717, 1.165) is 12.8 Å². The smallest absolute Gasteiger partial charge is 0.0527 e. The summed E-state index contributed by atoms with van der Waals surface area (Å²) in [5.74, 6) is 0. The molecule has 1 saturated carbocycles. The van der Waals surface area contributed by atoms with Crippen molar-refractivity contribution in [3.8, 4) is 0 Å². The Bertz CT molecular complexity index is 411. The molecular weight excluding hydrogens is 224 g/mol. The van der Waals surface area contributed by atoms with Crippen LogP contribution in [0.15, 0.2) is 35.4 Å². The molecule has 2 rings (SSSR count). The minimum absolute atomic E-state index is 0.106. The van der Waals surface area contributed by atoms with Gasteiger partial charge in [0.15, 0.2) is 0 Å². The molecule has 4 nitrogen and oxygen atoms in total. The molecule has 0 aliphatic heterocycles. The van der Waals surface area contributed by atoms with Gasteiger partial charge in [-0.15, -0.1) is 0 Å². The molecule has 1 N–H and O–H groups in total. The average Bonchev–Trinajstić information content (AvgIpc) is 2.42. The zero-order chi connectivity index (χ0) is 12.8. The van der Waals surface area contributed by atoms with Crippen LogP contribution in [0, 0.1) is 0 Å². The zero-order valence-corrected chi connectivity index (χ0v) is 10.8. The Kier molecular flexibility index (Phi) is 4.62. The number of hydrogen-bond donors (Lipinski definition) is 1. The first kappa shape index (κ1) is 12.9. The topological polar surface area (TPSA) is 60.8 Å². The van der Waals surface area contributed by atoms with Crippen LogP contribution in [0.2, 0.25) is 0 Å². The Morgan fingerprint density at radius 3 is 2.72 bits per heavy atom. The maximum Gasteiger partial charge on any atom is 0.0527 e. The lowest BCUT2D eigenvalue weighted by molar-refractivity contribution is 0.306. The average molecular weight is 244 g/mol. The largest absolute Gasteiger partial charge is 0.307 e. The fourth-order valence-electron chi connectivity index (χ4n) is 2.67. The lowest BCUT2D eigenvalue weighted by Crippen LogP contribution is -2.42. The summed E-state index contributed by atoms with van der Waals surface area (Å²) in [6.07, 6.45) is 4.49. The second-order valence-electron chi connectivity index (χ2n) is 4.96. The Morgan fingerprint density at radius 1 is 1.28 bits per heavy atom. The number of rotatable bonds is 4. The van der Waals surface area contributed by atoms with Gasteiger partial charge in [0, 0.05) is 17.0 Å². The Labute approximate surface area is 108 Å². The highest BCUT2D eigenvalue weighted by Gasteiger charge is 2.25. The molecule has 1 aromatic rings. The van der Waals surface area contributed by atoms with Gasteiger partial charge in [0.1, 0.15) is 0 Å². The predicted molar refractivity (Wildman–Crippen MR) is 73.2 cm³/mol. The molecular formula is C14H20N4. The first-order valence-electron chi connectivity index (χ1n) is 6.66. The molecule has 1 aliphatic rings. The van der Waals surface area contributed by atoms with Crippen molar-refractivity contribution in [2.45, 2.75) is 50.7 Å². The van der Waals surface area contributed by atoms with E-state index in [-0.39, 0.29) is 6.04 Å². The molecule has 0 heterocycles. The lowest BCUT2D eigenvalue weighted by Gasteiger charge is -2.31. The third-order valence-corrected chi connectivity index (χ3v) is 3.69. The lowest BCUT2D eigenvalue weighted by atomic mass is 9.90. The molecule has 3 atom stereocenters. The summed E-state index contributed by atoms with van der Waals surface area (Å²) in [6, 6.07) is 11.1. The summed E-state index contributed by atoms with van der Waals surface area (Å²) in [7, 11) is 0. The van der Waals surface area contributed by atoms with E-state index in [1.54, 1.807) is 0 Å². The second kappa shape index (κ2) is 6.43. The maximum atomic E-state index is 8.62. The van der Waals surface area contributed by atoms with Crippen LogP contribution in [0.1, 0.15) is 44.2 Å². The molecule has 0 amide bonds. The molecule has 18 heavy (non-hydrogen) atoms. The van der Waals surface area contributed by atoms with Crippen LogP contribution in [0.25, 0.3) is 10.4 Å². The number of benzene rings is 1. The summed E-state index contributed by atoms with van der Waals surface area (Å²) >= 11 is 0. The van der Waals surface area contributed by atoms with Gasteiger partial charge in [-0.2, -0.15) is 0 Å². The van der Waals surface area contributed by atoms with Gasteiger partial charge in [-0.1, -0.05) is 48.3 Å². The highest BCUT2D eigenvalue weighted by atomic mass is 15.2. The van der Waals surface area contributed by atoms with Crippen molar-refractivity contribution in [3.05, 3.63) is 46.3 Å². The molecule has 1 unspecified atom stereocenters. The fourth-order valence-corrected chi connectivity index (χ4v) is 2.67. The summed E-state index contributed by atoms with van der Waals surface area (Å²) in [5.41, 5.74) is 9.90. The first-order chi connectivity index (χ1) is 8.81. The van der Waals surface area contributed by atoms with E-state index in [1.807, 2.05) is 6.07 Å². The van der Waals surface area contributed by atoms with Crippen molar-refractivity contribution in [1.82, 2.24) is 5.32 Å². The monoisotopic (exact) mass is 244 g/mol. The van der Waals surface area contributed by atoms with Crippen LogP contribution >= 0.6 is 0 Å². The molecule has 0 saturated heterocycles. The first-order valence-corrected chi connectivity index (χ1v) is 6.66. The molecule has 1 fully saturated rings. The summed E-state index contributed by atoms with van der Waals surface area (Å²) in [4.78, 5) is 2.97. The molecule has 4 heteroatoms. The Balaban J connectivity index is 2.00. The molecule has 1 aromatic carbocycles. The van der Waals surface area contributed by atoms with Gasteiger partial charge < -0.3 is 5.32 Å². The maximum absolute atomic E-state index is 8.62. The molecule has 0 radical (unpaired) electrons. The van der Waals surface area contributed by atoms with Gasteiger partial charge in [0.25, 0.3) is 0 Å². The fraction of sp³-hybridized carbons (Fsp3) is 0.571. The van der Waals surface area contributed by atoms with E-state index in [0.29, 0.717) is 12.1 Å². The van der Waals surface area contributed by atoms with Crippen LogP contribution < -0.4 is 5.32 Å². The molecule has 0 spiro atoms. The number of nitrogens with one attached hydrogen (secondary N) is 1. The van der Waals surface area contributed by atoms with Gasteiger partial charge >= 0.3 is 0 Å². The summed E-state index contributed by atoms with van der Waals surface area (Å²) < 4.78 is 0. The van der Waals surface area contributed by atoms with E-state index in [1.165, 1.54) is 18.4 Å². The van der Waals surface area contributed by atoms with Crippen molar-refractivity contribution in [3.63, 3.8) is 0 Å². The van der Waals surface area contributed by atoms with E-state index in [4.69, 9.17) is 5.53 Å². The quantitative estimate of drug-likeness (QED) is 0.486. The molecule has 96 valence electrons. The van der Waals surface area contributed by atoms with Gasteiger partial charge in [0.05, 0.1) is 6.04 Å².